The Bertz CT molecular complexity index is 577. The third-order valence-corrected chi connectivity index (χ3v) is 2.80. The zero-order chi connectivity index (χ0) is 13.5. The van der Waals surface area contributed by atoms with Crippen LogP contribution in [-0.4, -0.2) is 18.3 Å². The van der Waals surface area contributed by atoms with Crippen LogP contribution in [0, 0.1) is 0 Å². The normalized spacial score (nSPS) is 11.8. The molecular formula is C15H13BrN2O. The molecule has 0 atom stereocenters. The largest absolute Gasteiger partial charge is 0.481 e. The molecule has 2 aromatic rings. The van der Waals surface area contributed by atoms with E-state index < -0.39 is 0 Å². The van der Waals surface area contributed by atoms with Crippen LogP contribution in [0.25, 0.3) is 6.08 Å². The Hall–Kier alpha value is -1.94. The molecule has 0 amide bonds. The number of methoxy groups -OCH3 is 1. The number of aliphatic imine (C=N–C) groups is 1. The van der Waals surface area contributed by atoms with Gasteiger partial charge in [-0.15, -0.1) is 0 Å². The summed E-state index contributed by atoms with van der Waals surface area (Å²) in [7, 11) is 1.59. The lowest BCUT2D eigenvalue weighted by Crippen LogP contribution is -1.84. The fraction of sp³-hybridized carbons (Fsp3) is 0.0667. The number of pyridine rings is 1. The van der Waals surface area contributed by atoms with E-state index in [0.29, 0.717) is 5.88 Å². The van der Waals surface area contributed by atoms with E-state index in [0.717, 1.165) is 15.7 Å². The van der Waals surface area contributed by atoms with Crippen molar-refractivity contribution in [1.82, 2.24) is 4.98 Å². The number of hydrogen-bond donors (Lipinski definition) is 0. The van der Waals surface area contributed by atoms with Crippen molar-refractivity contribution in [2.75, 3.05) is 7.11 Å². The molecule has 0 aliphatic carbocycles. The highest BCUT2D eigenvalue weighted by Gasteiger charge is 1.93. The number of nitrogens with zero attached hydrogens (tertiary/aromatic N) is 2. The second-order valence-corrected chi connectivity index (χ2v) is 4.67. The van der Waals surface area contributed by atoms with E-state index in [-0.39, 0.29) is 0 Å². The Kier molecular flexibility index (Phi) is 4.86. The second kappa shape index (κ2) is 6.85. The zero-order valence-electron chi connectivity index (χ0n) is 10.5. The van der Waals surface area contributed by atoms with E-state index >= 15 is 0 Å². The summed E-state index contributed by atoms with van der Waals surface area (Å²) in [5.74, 6) is 0.581. The van der Waals surface area contributed by atoms with E-state index in [4.69, 9.17) is 4.74 Å². The Balaban J connectivity index is 2.07. The molecule has 1 heterocycles. The Morgan fingerprint density at radius 1 is 1.21 bits per heavy atom. The van der Waals surface area contributed by atoms with Crippen LogP contribution in [0.2, 0.25) is 0 Å². The molecule has 0 radical (unpaired) electrons. The van der Waals surface area contributed by atoms with Crippen molar-refractivity contribution in [2.24, 2.45) is 4.99 Å². The van der Waals surface area contributed by atoms with Gasteiger partial charge in [0.15, 0.2) is 0 Å². The summed E-state index contributed by atoms with van der Waals surface area (Å²) in [6.45, 7) is 0. The van der Waals surface area contributed by atoms with Crippen molar-refractivity contribution in [3.05, 3.63) is 58.7 Å². The molecule has 0 aliphatic heterocycles. The number of ether oxygens (including phenoxy) is 1. The molecule has 3 nitrogen and oxygen atoms in total. The minimum absolute atomic E-state index is 0.581. The van der Waals surface area contributed by atoms with Crippen molar-refractivity contribution >= 4 is 33.9 Å². The van der Waals surface area contributed by atoms with Gasteiger partial charge in [0.05, 0.1) is 19.0 Å². The molecular weight excluding hydrogens is 304 g/mol. The minimum Gasteiger partial charge on any atom is -0.481 e. The van der Waals surface area contributed by atoms with Crippen LogP contribution >= 0.6 is 15.9 Å². The van der Waals surface area contributed by atoms with Gasteiger partial charge in [0.1, 0.15) is 0 Å². The van der Waals surface area contributed by atoms with Crippen LogP contribution in [0.4, 0.5) is 5.69 Å². The number of hydrogen-bond acceptors (Lipinski definition) is 3. The number of benzene rings is 1. The van der Waals surface area contributed by atoms with Gasteiger partial charge in [-0.3, -0.25) is 4.99 Å². The summed E-state index contributed by atoms with van der Waals surface area (Å²) in [5.41, 5.74) is 1.90. The first kappa shape index (κ1) is 13.5. The summed E-state index contributed by atoms with van der Waals surface area (Å²) < 4.78 is 5.89. The monoisotopic (exact) mass is 316 g/mol. The molecule has 0 spiro atoms. The average Bonchev–Trinajstić information content (AvgIpc) is 2.47. The molecule has 96 valence electrons. The molecule has 0 fully saturated rings. The van der Waals surface area contributed by atoms with Gasteiger partial charge in [0.2, 0.25) is 5.88 Å². The van der Waals surface area contributed by atoms with Gasteiger partial charge in [0, 0.05) is 16.8 Å². The molecule has 0 unspecified atom stereocenters. The average molecular weight is 317 g/mol. The molecule has 19 heavy (non-hydrogen) atoms. The molecule has 4 heteroatoms. The summed E-state index contributed by atoms with van der Waals surface area (Å²) in [5, 5.41) is 0. The van der Waals surface area contributed by atoms with E-state index in [9.17, 15) is 0 Å². The predicted octanol–water partition coefficient (Wildman–Crippen LogP) is 4.23. The van der Waals surface area contributed by atoms with Crippen molar-refractivity contribution in [3.63, 3.8) is 0 Å². The number of allylic oxidation sites excluding steroid dienone is 1. The van der Waals surface area contributed by atoms with Gasteiger partial charge in [-0.1, -0.05) is 30.3 Å². The van der Waals surface area contributed by atoms with Crippen molar-refractivity contribution in [3.8, 4) is 5.88 Å². The smallest absolute Gasteiger partial charge is 0.213 e. The summed E-state index contributed by atoms with van der Waals surface area (Å²) in [6.07, 6.45) is 5.41. The van der Waals surface area contributed by atoms with Crippen molar-refractivity contribution in [1.29, 1.82) is 0 Å². The van der Waals surface area contributed by atoms with Gasteiger partial charge in [-0.2, -0.15) is 0 Å². The molecule has 0 bridgehead atoms. The fourth-order valence-electron chi connectivity index (χ4n) is 1.45. The lowest BCUT2D eigenvalue weighted by Gasteiger charge is -1.97. The van der Waals surface area contributed by atoms with Crippen LogP contribution < -0.4 is 4.74 Å². The standard InChI is InChI=1S/C15H13BrN2O/c1-19-15-8-7-14(11-18-15)17-10-13(16)9-12-5-3-2-4-6-12/h2-11H,1H3. The first-order chi connectivity index (χ1) is 9.28. The summed E-state index contributed by atoms with van der Waals surface area (Å²) in [6, 6.07) is 13.7. The molecule has 1 aromatic heterocycles. The lowest BCUT2D eigenvalue weighted by atomic mass is 10.2. The van der Waals surface area contributed by atoms with Gasteiger partial charge in [-0.05, 0) is 33.6 Å². The molecule has 0 saturated carbocycles. The van der Waals surface area contributed by atoms with Crippen LogP contribution in [0.15, 0.2) is 58.1 Å². The first-order valence-corrected chi connectivity index (χ1v) is 6.53. The van der Waals surface area contributed by atoms with Crippen LogP contribution in [-0.2, 0) is 0 Å². The predicted molar refractivity (Wildman–Crippen MR) is 82.3 cm³/mol. The first-order valence-electron chi connectivity index (χ1n) is 5.74. The molecule has 0 N–H and O–H groups in total. The second-order valence-electron chi connectivity index (χ2n) is 3.76. The number of rotatable bonds is 4. The SMILES string of the molecule is COc1ccc(N=CC(Br)=Cc2ccccc2)cn1. The van der Waals surface area contributed by atoms with Crippen LogP contribution in [0.1, 0.15) is 5.56 Å². The maximum atomic E-state index is 4.99. The van der Waals surface area contributed by atoms with E-state index in [2.05, 4.69) is 25.9 Å². The van der Waals surface area contributed by atoms with Crippen LogP contribution in [0.5, 0.6) is 5.88 Å². The number of aromatic nitrogens is 1. The Labute approximate surface area is 120 Å². The molecule has 2 rings (SSSR count). The highest BCUT2D eigenvalue weighted by atomic mass is 79.9. The molecule has 0 saturated heterocycles. The van der Waals surface area contributed by atoms with Crippen molar-refractivity contribution < 1.29 is 4.74 Å². The van der Waals surface area contributed by atoms with Gasteiger partial charge in [-0.25, -0.2) is 4.98 Å². The number of halogens is 1. The molecule has 1 aromatic carbocycles. The van der Waals surface area contributed by atoms with Gasteiger partial charge < -0.3 is 4.74 Å². The Morgan fingerprint density at radius 3 is 2.63 bits per heavy atom. The van der Waals surface area contributed by atoms with Crippen LogP contribution in [0.3, 0.4) is 0 Å². The third kappa shape index (κ3) is 4.34. The maximum Gasteiger partial charge on any atom is 0.213 e. The molecule has 0 aliphatic rings. The zero-order valence-corrected chi connectivity index (χ0v) is 12.0. The fourth-order valence-corrected chi connectivity index (χ4v) is 1.82. The highest BCUT2D eigenvalue weighted by molar-refractivity contribution is 9.12. The minimum atomic E-state index is 0.581. The van der Waals surface area contributed by atoms with E-state index in [1.165, 1.54) is 0 Å². The quantitative estimate of drug-likeness (QED) is 0.791. The van der Waals surface area contributed by atoms with E-state index in [1.807, 2.05) is 42.5 Å². The summed E-state index contributed by atoms with van der Waals surface area (Å²) in [4.78, 5) is 8.41. The van der Waals surface area contributed by atoms with E-state index in [1.54, 1.807) is 25.6 Å². The highest BCUT2D eigenvalue weighted by Crippen LogP contribution is 2.16. The lowest BCUT2D eigenvalue weighted by molar-refractivity contribution is 0.398. The van der Waals surface area contributed by atoms with Crippen molar-refractivity contribution in [2.45, 2.75) is 0 Å². The summed E-state index contributed by atoms with van der Waals surface area (Å²) >= 11 is 3.47. The third-order valence-electron chi connectivity index (χ3n) is 2.37. The Morgan fingerprint density at radius 2 is 2.00 bits per heavy atom. The maximum absolute atomic E-state index is 4.99. The topological polar surface area (TPSA) is 34.5 Å². The van der Waals surface area contributed by atoms with Gasteiger partial charge in [0.25, 0.3) is 0 Å². The van der Waals surface area contributed by atoms with Gasteiger partial charge >= 0.3 is 0 Å².